The zero-order valence-electron chi connectivity index (χ0n) is 17.9. The fraction of sp³-hybridized carbons (Fsp3) is 0.120. The summed E-state index contributed by atoms with van der Waals surface area (Å²) in [4.78, 5) is 23.3. The largest absolute Gasteiger partial charge is 0.489 e. The first kappa shape index (κ1) is 23.0. The van der Waals surface area contributed by atoms with Crippen LogP contribution in [-0.2, 0) is 16.1 Å². The number of carbonyl (C=O) groups is 2. The number of esters is 1. The van der Waals surface area contributed by atoms with Crippen molar-refractivity contribution in [3.63, 3.8) is 0 Å². The van der Waals surface area contributed by atoms with Crippen molar-refractivity contribution in [3.05, 3.63) is 95.1 Å². The van der Waals surface area contributed by atoms with Crippen LogP contribution in [0.25, 0.3) is 0 Å². The van der Waals surface area contributed by atoms with Crippen molar-refractivity contribution in [1.29, 1.82) is 5.26 Å². The van der Waals surface area contributed by atoms with Crippen LogP contribution in [0.2, 0.25) is 0 Å². The molecule has 8 nitrogen and oxygen atoms in total. The first-order chi connectivity index (χ1) is 16.1. The monoisotopic (exact) mass is 443 g/mol. The second-order valence-corrected chi connectivity index (χ2v) is 6.74. The lowest BCUT2D eigenvalue weighted by molar-refractivity contribution is -0.123. The maximum Gasteiger partial charge on any atom is 0.337 e. The molecule has 0 aliphatic heterocycles. The standard InChI is InChI=1S/C25H21N3O5/c1-31-25(30)20-10-6-19(7-11-20)16-32-22-12-8-18(9-13-22)15-27-28-24(29)17-33-23-5-3-2-4-21(23)14-26/h2-13,15H,16-17H2,1H3,(H,28,29)/b27-15+. The first-order valence-corrected chi connectivity index (χ1v) is 9.93. The summed E-state index contributed by atoms with van der Waals surface area (Å²) in [7, 11) is 1.34. The molecular weight excluding hydrogens is 422 g/mol. The molecule has 0 aromatic heterocycles. The van der Waals surface area contributed by atoms with Gasteiger partial charge in [0.2, 0.25) is 0 Å². The van der Waals surface area contributed by atoms with Crippen LogP contribution in [0.3, 0.4) is 0 Å². The van der Waals surface area contributed by atoms with Gasteiger partial charge < -0.3 is 14.2 Å². The molecule has 0 aliphatic rings. The predicted octanol–water partition coefficient (Wildman–Crippen LogP) is 3.45. The van der Waals surface area contributed by atoms with Gasteiger partial charge in [-0.1, -0.05) is 24.3 Å². The van der Waals surface area contributed by atoms with Gasteiger partial charge in [0, 0.05) is 0 Å². The summed E-state index contributed by atoms with van der Waals surface area (Å²) >= 11 is 0. The lowest BCUT2D eigenvalue weighted by Crippen LogP contribution is -2.24. The van der Waals surface area contributed by atoms with E-state index in [4.69, 9.17) is 14.7 Å². The number of benzene rings is 3. The average Bonchev–Trinajstić information content (AvgIpc) is 2.87. The fourth-order valence-electron chi connectivity index (χ4n) is 2.71. The number of methoxy groups -OCH3 is 1. The second-order valence-electron chi connectivity index (χ2n) is 6.74. The van der Waals surface area contributed by atoms with Crippen molar-refractivity contribution in [3.8, 4) is 17.6 Å². The van der Waals surface area contributed by atoms with Gasteiger partial charge >= 0.3 is 5.97 Å². The smallest absolute Gasteiger partial charge is 0.337 e. The van der Waals surface area contributed by atoms with E-state index in [1.165, 1.54) is 13.3 Å². The predicted molar refractivity (Wildman–Crippen MR) is 121 cm³/mol. The topological polar surface area (TPSA) is 110 Å². The Morgan fingerprint density at radius 2 is 1.73 bits per heavy atom. The van der Waals surface area contributed by atoms with E-state index in [0.717, 1.165) is 11.1 Å². The van der Waals surface area contributed by atoms with Crippen LogP contribution in [0.15, 0.2) is 77.9 Å². The Morgan fingerprint density at radius 3 is 2.42 bits per heavy atom. The van der Waals surface area contributed by atoms with Gasteiger partial charge in [0.1, 0.15) is 24.2 Å². The Morgan fingerprint density at radius 1 is 1.00 bits per heavy atom. The zero-order chi connectivity index (χ0) is 23.5. The van der Waals surface area contributed by atoms with E-state index in [9.17, 15) is 9.59 Å². The second kappa shape index (κ2) is 11.7. The number of hydrogen-bond acceptors (Lipinski definition) is 7. The van der Waals surface area contributed by atoms with E-state index in [1.807, 2.05) is 6.07 Å². The molecule has 1 N–H and O–H groups in total. The molecule has 166 valence electrons. The van der Waals surface area contributed by atoms with E-state index in [0.29, 0.717) is 29.2 Å². The molecule has 33 heavy (non-hydrogen) atoms. The number of hydrogen-bond donors (Lipinski definition) is 1. The highest BCUT2D eigenvalue weighted by atomic mass is 16.5. The molecule has 0 saturated carbocycles. The van der Waals surface area contributed by atoms with Crippen LogP contribution < -0.4 is 14.9 Å². The molecule has 0 aliphatic carbocycles. The molecule has 0 bridgehead atoms. The van der Waals surface area contributed by atoms with E-state index in [-0.39, 0.29) is 12.6 Å². The molecule has 0 saturated heterocycles. The minimum absolute atomic E-state index is 0.260. The Kier molecular flexibility index (Phi) is 8.15. The minimum Gasteiger partial charge on any atom is -0.489 e. The number of nitrogens with one attached hydrogen (secondary N) is 1. The van der Waals surface area contributed by atoms with Gasteiger partial charge in [0.15, 0.2) is 6.61 Å². The summed E-state index contributed by atoms with van der Waals surface area (Å²) in [5, 5.41) is 12.9. The highest BCUT2D eigenvalue weighted by molar-refractivity contribution is 5.89. The quantitative estimate of drug-likeness (QED) is 0.308. The molecule has 0 radical (unpaired) electrons. The number of ether oxygens (including phenoxy) is 3. The normalized spacial score (nSPS) is 10.3. The molecule has 0 unspecified atom stereocenters. The molecular formula is C25H21N3O5. The van der Waals surface area contributed by atoms with Crippen molar-refractivity contribution in [2.75, 3.05) is 13.7 Å². The number of hydrazone groups is 1. The Hall–Kier alpha value is -4.64. The molecule has 8 heteroatoms. The molecule has 3 aromatic carbocycles. The lowest BCUT2D eigenvalue weighted by atomic mass is 10.1. The van der Waals surface area contributed by atoms with Gasteiger partial charge in [-0.05, 0) is 59.7 Å². The SMILES string of the molecule is COC(=O)c1ccc(COc2ccc(/C=N/NC(=O)COc3ccccc3C#N)cc2)cc1. The molecule has 3 aromatic rings. The molecule has 0 heterocycles. The first-order valence-electron chi connectivity index (χ1n) is 9.93. The third-order valence-electron chi connectivity index (χ3n) is 4.43. The van der Waals surface area contributed by atoms with E-state index >= 15 is 0 Å². The van der Waals surface area contributed by atoms with Crippen LogP contribution >= 0.6 is 0 Å². The van der Waals surface area contributed by atoms with Crippen molar-refractivity contribution in [2.45, 2.75) is 6.61 Å². The molecule has 3 rings (SSSR count). The fourth-order valence-corrected chi connectivity index (χ4v) is 2.71. The lowest BCUT2D eigenvalue weighted by Gasteiger charge is -2.07. The minimum atomic E-state index is -0.447. The highest BCUT2D eigenvalue weighted by Gasteiger charge is 2.06. The number of nitriles is 1. The number of nitrogens with zero attached hydrogens (tertiary/aromatic N) is 2. The van der Waals surface area contributed by atoms with Crippen LogP contribution in [0.4, 0.5) is 0 Å². The Balaban J connectivity index is 1.43. The molecule has 0 atom stereocenters. The maximum absolute atomic E-state index is 11.9. The van der Waals surface area contributed by atoms with Gasteiger partial charge in [-0.15, -0.1) is 0 Å². The summed E-state index contributed by atoms with van der Waals surface area (Å²) < 4.78 is 15.8. The summed E-state index contributed by atoms with van der Waals surface area (Å²) in [6, 6.07) is 22.8. The van der Waals surface area contributed by atoms with Gasteiger partial charge in [-0.3, -0.25) is 4.79 Å². The average molecular weight is 443 g/mol. The maximum atomic E-state index is 11.9. The zero-order valence-corrected chi connectivity index (χ0v) is 17.9. The van der Waals surface area contributed by atoms with Gasteiger partial charge in [0.25, 0.3) is 5.91 Å². The van der Waals surface area contributed by atoms with Crippen molar-refractivity contribution in [2.24, 2.45) is 5.10 Å². The molecule has 1 amide bonds. The highest BCUT2D eigenvalue weighted by Crippen LogP contribution is 2.16. The van der Waals surface area contributed by atoms with Gasteiger partial charge in [-0.25, -0.2) is 10.2 Å². The summed E-state index contributed by atoms with van der Waals surface area (Å²) in [5.74, 6) is 0.178. The van der Waals surface area contributed by atoms with E-state index in [1.54, 1.807) is 72.8 Å². The van der Waals surface area contributed by atoms with Crippen LogP contribution in [0, 0.1) is 11.3 Å². The van der Waals surface area contributed by atoms with Crippen molar-refractivity contribution in [1.82, 2.24) is 5.43 Å². The number of amides is 1. The number of carbonyl (C=O) groups excluding carboxylic acids is 2. The summed E-state index contributed by atoms with van der Waals surface area (Å²) in [5.41, 5.74) is 4.89. The van der Waals surface area contributed by atoms with Crippen molar-refractivity contribution < 1.29 is 23.8 Å². The van der Waals surface area contributed by atoms with Crippen LogP contribution in [0.5, 0.6) is 11.5 Å². The molecule has 0 fully saturated rings. The van der Waals surface area contributed by atoms with E-state index < -0.39 is 5.91 Å². The van der Waals surface area contributed by atoms with Gasteiger partial charge in [0.05, 0.1) is 24.5 Å². The summed E-state index contributed by atoms with van der Waals surface area (Å²) in [6.45, 7) is 0.0866. The Bertz CT molecular complexity index is 1170. The third kappa shape index (κ3) is 6.94. The van der Waals surface area contributed by atoms with Crippen LogP contribution in [0.1, 0.15) is 27.0 Å². The Labute approximate surface area is 191 Å². The van der Waals surface area contributed by atoms with Crippen LogP contribution in [-0.4, -0.2) is 31.8 Å². The number of para-hydroxylation sites is 1. The summed E-state index contributed by atoms with van der Waals surface area (Å²) in [6.07, 6.45) is 1.50. The van der Waals surface area contributed by atoms with Gasteiger partial charge in [-0.2, -0.15) is 10.4 Å². The number of rotatable bonds is 9. The van der Waals surface area contributed by atoms with Crippen molar-refractivity contribution >= 4 is 18.1 Å². The third-order valence-corrected chi connectivity index (χ3v) is 4.43. The van der Waals surface area contributed by atoms with E-state index in [2.05, 4.69) is 15.3 Å². The molecule has 0 spiro atoms.